The zero-order valence-electron chi connectivity index (χ0n) is 23.6. The fourth-order valence-electron chi connectivity index (χ4n) is 5.14. The van der Waals surface area contributed by atoms with Crippen molar-refractivity contribution < 1.29 is 19.4 Å². The number of amides is 1. The number of hydrogen-bond donors (Lipinski definition) is 3. The Hall–Kier alpha value is -3.99. The fraction of sp³-hybridized carbons (Fsp3) is 0.355. The molecule has 2 aromatic heterocycles. The fourth-order valence-corrected chi connectivity index (χ4v) is 5.33. The predicted octanol–water partition coefficient (Wildman–Crippen LogP) is 5.69. The van der Waals surface area contributed by atoms with Crippen LogP contribution in [0.4, 0.5) is 17.5 Å². The Balaban J connectivity index is 1.20. The van der Waals surface area contributed by atoms with Crippen molar-refractivity contribution in [2.75, 3.05) is 44.0 Å². The van der Waals surface area contributed by atoms with Crippen LogP contribution < -0.4 is 20.1 Å². The van der Waals surface area contributed by atoms with Crippen LogP contribution in [-0.4, -0.2) is 70.3 Å². The molecular weight excluding hydrogens is 556 g/mol. The predicted molar refractivity (Wildman–Crippen MR) is 164 cm³/mol. The molecule has 220 valence electrons. The number of methoxy groups -OCH3 is 1. The van der Waals surface area contributed by atoms with Gasteiger partial charge in [0, 0.05) is 47.4 Å². The van der Waals surface area contributed by atoms with Gasteiger partial charge in [-0.2, -0.15) is 0 Å². The van der Waals surface area contributed by atoms with E-state index in [4.69, 9.17) is 21.1 Å². The highest BCUT2D eigenvalue weighted by Crippen LogP contribution is 2.32. The van der Waals surface area contributed by atoms with Crippen molar-refractivity contribution in [2.45, 2.75) is 38.1 Å². The number of fused-ring (bicyclic) bond motifs is 1. The van der Waals surface area contributed by atoms with Crippen LogP contribution in [-0.2, 0) is 0 Å². The van der Waals surface area contributed by atoms with Crippen LogP contribution in [0.15, 0.2) is 60.9 Å². The Morgan fingerprint density at radius 2 is 2.02 bits per heavy atom. The van der Waals surface area contributed by atoms with E-state index >= 15 is 0 Å². The largest absolute Gasteiger partial charge is 0.493 e. The number of aliphatic hydroxyl groups is 1. The molecule has 4 aromatic rings. The van der Waals surface area contributed by atoms with Gasteiger partial charge in [0.15, 0.2) is 11.5 Å². The van der Waals surface area contributed by atoms with Gasteiger partial charge < -0.3 is 30.1 Å². The number of carbonyl (C=O) groups is 1. The van der Waals surface area contributed by atoms with E-state index in [0.717, 1.165) is 37.7 Å². The summed E-state index contributed by atoms with van der Waals surface area (Å²) < 4.78 is 11.7. The number of aliphatic hydroxyl groups excluding tert-OH is 1. The Kier molecular flexibility index (Phi) is 10.0. The van der Waals surface area contributed by atoms with Gasteiger partial charge in [-0.15, -0.1) is 0 Å². The first kappa shape index (κ1) is 29.5. The van der Waals surface area contributed by atoms with Gasteiger partial charge in [-0.1, -0.05) is 24.1 Å². The first-order valence-corrected chi connectivity index (χ1v) is 14.5. The van der Waals surface area contributed by atoms with E-state index in [1.807, 2.05) is 12.1 Å². The number of pyridine rings is 1. The first-order chi connectivity index (χ1) is 20.5. The quantitative estimate of drug-likeness (QED) is 0.179. The van der Waals surface area contributed by atoms with Gasteiger partial charge in [0.1, 0.15) is 5.82 Å². The molecule has 0 radical (unpaired) electrons. The highest BCUT2D eigenvalue weighted by Gasteiger charge is 2.21. The molecule has 0 bridgehead atoms. The molecule has 1 aliphatic heterocycles. The van der Waals surface area contributed by atoms with Crippen LogP contribution in [0.5, 0.6) is 11.5 Å². The summed E-state index contributed by atoms with van der Waals surface area (Å²) >= 11 is 5.98. The van der Waals surface area contributed by atoms with Crippen LogP contribution in [0.2, 0.25) is 5.02 Å². The van der Waals surface area contributed by atoms with Gasteiger partial charge in [0.2, 0.25) is 5.95 Å². The molecule has 0 spiro atoms. The van der Waals surface area contributed by atoms with Crippen molar-refractivity contribution in [3.63, 3.8) is 0 Å². The number of carbonyl (C=O) groups excluding carboxylic acids is 1. The number of aromatic nitrogens is 3. The molecule has 0 aliphatic carbocycles. The van der Waals surface area contributed by atoms with Crippen LogP contribution in [0.25, 0.3) is 10.9 Å². The minimum atomic E-state index is -0.297. The van der Waals surface area contributed by atoms with Gasteiger partial charge in [-0.05, 0) is 68.6 Å². The molecule has 3 heterocycles. The van der Waals surface area contributed by atoms with Crippen molar-refractivity contribution in [1.82, 2.24) is 19.9 Å². The summed E-state index contributed by atoms with van der Waals surface area (Å²) in [5, 5.41) is 16.6. The molecule has 11 heteroatoms. The monoisotopic (exact) mass is 590 g/mol. The number of benzene rings is 2. The zero-order chi connectivity index (χ0) is 29.3. The third-order valence-corrected chi connectivity index (χ3v) is 7.51. The first-order valence-electron chi connectivity index (χ1n) is 14.1. The summed E-state index contributed by atoms with van der Waals surface area (Å²) in [5.41, 5.74) is 1.82. The lowest BCUT2D eigenvalue weighted by atomic mass is 9.99. The maximum Gasteiger partial charge on any atom is 0.256 e. The minimum Gasteiger partial charge on any atom is -0.493 e. The van der Waals surface area contributed by atoms with Crippen molar-refractivity contribution >= 4 is 45.9 Å². The highest BCUT2D eigenvalue weighted by molar-refractivity contribution is 6.31. The Morgan fingerprint density at radius 1 is 1.12 bits per heavy atom. The normalized spacial score (nSPS) is 15.4. The third-order valence-electron chi connectivity index (χ3n) is 7.27. The van der Waals surface area contributed by atoms with Gasteiger partial charge in [-0.25, -0.2) is 15.0 Å². The topological polar surface area (TPSA) is 122 Å². The highest BCUT2D eigenvalue weighted by atomic mass is 35.5. The number of nitrogens with one attached hydrogen (secondary N) is 2. The standard InChI is InChI=1S/C31H35ClN6O4/c1-41-27-17-22-19-34-31(35-24-9-10-29(33-20-24)37-30(40)21-6-4-7-23(32)16-21)36-26(22)18-28(27)42-15-5-13-38-12-3-2-8-25(38)11-14-39/h4,6-7,9-10,16-20,25,39H,2-3,5,8,11-15H2,1H3,(H,33,37,40)(H,34,35,36). The molecule has 1 unspecified atom stereocenters. The molecule has 2 aromatic carbocycles. The van der Waals surface area contributed by atoms with E-state index in [2.05, 4.69) is 30.5 Å². The molecule has 42 heavy (non-hydrogen) atoms. The second kappa shape index (κ2) is 14.3. The number of anilines is 3. The summed E-state index contributed by atoms with van der Waals surface area (Å²) in [6.45, 7) is 2.79. The summed E-state index contributed by atoms with van der Waals surface area (Å²) in [6.07, 6.45) is 8.61. The van der Waals surface area contributed by atoms with E-state index < -0.39 is 0 Å². The average molecular weight is 591 g/mol. The number of piperidine rings is 1. The summed E-state index contributed by atoms with van der Waals surface area (Å²) in [4.78, 5) is 28.3. The number of likely N-dealkylation sites (tertiary alicyclic amines) is 1. The third kappa shape index (κ3) is 7.64. The molecule has 1 saturated heterocycles. The molecule has 1 aliphatic rings. The van der Waals surface area contributed by atoms with Crippen LogP contribution in [0.3, 0.4) is 0 Å². The smallest absolute Gasteiger partial charge is 0.256 e. The van der Waals surface area contributed by atoms with Gasteiger partial charge >= 0.3 is 0 Å². The number of hydrogen-bond acceptors (Lipinski definition) is 9. The molecule has 3 N–H and O–H groups in total. The second-order valence-electron chi connectivity index (χ2n) is 10.2. The van der Waals surface area contributed by atoms with Crippen LogP contribution in [0.1, 0.15) is 42.5 Å². The maximum atomic E-state index is 12.5. The lowest BCUT2D eigenvalue weighted by Gasteiger charge is -2.35. The summed E-state index contributed by atoms with van der Waals surface area (Å²) in [6, 6.07) is 14.4. The van der Waals surface area contributed by atoms with E-state index in [-0.39, 0.29) is 12.5 Å². The Bertz CT molecular complexity index is 1500. The molecule has 1 atom stereocenters. The summed E-state index contributed by atoms with van der Waals surface area (Å²) in [5.74, 6) is 1.76. The molecule has 1 fully saturated rings. The van der Waals surface area contributed by atoms with Gasteiger partial charge in [0.05, 0.1) is 31.1 Å². The van der Waals surface area contributed by atoms with Gasteiger partial charge in [-0.3, -0.25) is 4.79 Å². The van der Waals surface area contributed by atoms with Crippen molar-refractivity contribution in [3.8, 4) is 11.5 Å². The lowest BCUT2D eigenvalue weighted by molar-refractivity contribution is 0.102. The maximum absolute atomic E-state index is 12.5. The number of halogens is 1. The summed E-state index contributed by atoms with van der Waals surface area (Å²) in [7, 11) is 1.62. The van der Waals surface area contributed by atoms with Crippen molar-refractivity contribution in [3.05, 3.63) is 71.5 Å². The van der Waals surface area contributed by atoms with Crippen LogP contribution >= 0.6 is 11.6 Å². The van der Waals surface area contributed by atoms with E-state index in [1.54, 1.807) is 55.9 Å². The number of rotatable bonds is 12. The van der Waals surface area contributed by atoms with E-state index in [0.29, 0.717) is 57.7 Å². The molecule has 10 nitrogen and oxygen atoms in total. The van der Waals surface area contributed by atoms with Crippen molar-refractivity contribution in [1.29, 1.82) is 0 Å². The van der Waals surface area contributed by atoms with Crippen molar-refractivity contribution in [2.24, 2.45) is 0 Å². The Labute approximate surface area is 250 Å². The SMILES string of the molecule is COc1cc2cnc(Nc3ccc(NC(=O)c4cccc(Cl)c4)nc3)nc2cc1OCCCN1CCCCC1CCO. The van der Waals surface area contributed by atoms with E-state index in [9.17, 15) is 9.90 Å². The number of nitrogens with zero attached hydrogens (tertiary/aromatic N) is 4. The Morgan fingerprint density at radius 3 is 2.81 bits per heavy atom. The average Bonchev–Trinajstić information content (AvgIpc) is 3.00. The number of ether oxygens (including phenoxy) is 2. The van der Waals surface area contributed by atoms with Crippen LogP contribution in [0, 0.1) is 0 Å². The molecule has 0 saturated carbocycles. The molecular formula is C31H35ClN6O4. The zero-order valence-corrected chi connectivity index (χ0v) is 24.3. The van der Waals surface area contributed by atoms with E-state index in [1.165, 1.54) is 12.8 Å². The second-order valence-corrected chi connectivity index (χ2v) is 10.6. The molecule has 1 amide bonds. The minimum absolute atomic E-state index is 0.232. The molecule has 5 rings (SSSR count). The van der Waals surface area contributed by atoms with Gasteiger partial charge in [0.25, 0.3) is 5.91 Å². The lowest BCUT2D eigenvalue weighted by Crippen LogP contribution is -2.40.